The number of thiophene rings is 1. The van der Waals surface area contributed by atoms with Crippen LogP contribution < -0.4 is 16.0 Å². The highest BCUT2D eigenvalue weighted by atomic mass is 32.1. The second-order valence-corrected chi connectivity index (χ2v) is 8.20. The third-order valence-electron chi connectivity index (χ3n) is 4.88. The average Bonchev–Trinajstić information content (AvgIpc) is 3.16. The Morgan fingerprint density at radius 2 is 1.97 bits per heavy atom. The molecule has 170 valence electrons. The van der Waals surface area contributed by atoms with Crippen molar-refractivity contribution in [1.82, 2.24) is 4.98 Å². The number of halogens is 2. The number of carbonyl (C=O) groups excluding carboxylic acids is 1. The molecule has 2 heterocycles. The van der Waals surface area contributed by atoms with Crippen molar-refractivity contribution in [2.24, 2.45) is 5.73 Å². The molecular weight excluding hydrogens is 438 g/mol. The number of hydrogen-bond donors (Lipinski definition) is 4. The van der Waals surface area contributed by atoms with Crippen LogP contribution in [0.5, 0.6) is 0 Å². The Morgan fingerprint density at radius 3 is 2.56 bits per heavy atom. The molecule has 3 aromatic rings. The fraction of sp³-hybridized carbons (Fsp3) is 0.273. The second kappa shape index (κ2) is 10.0. The Bertz CT molecular complexity index is 1100. The molecule has 0 radical (unpaired) electrons. The molecule has 2 aromatic heterocycles. The van der Waals surface area contributed by atoms with E-state index >= 15 is 0 Å². The standard InChI is InChI=1S/C22H24F2N4O3S/c1-3-16(30)12-9-14(23)20(15(24)10-12)17-11-13(21(25)31)22(32-17)27-18-5-4-6-19(26-18)28(2)7-8-29/h4-6,9-11,16,29-30H,3,7-8H2,1-2H3,(H2,25,31)(H,26,27). The largest absolute Gasteiger partial charge is 0.395 e. The summed E-state index contributed by atoms with van der Waals surface area (Å²) in [5, 5.41) is 22.3. The lowest BCUT2D eigenvalue weighted by atomic mass is 10.0. The van der Waals surface area contributed by atoms with E-state index in [9.17, 15) is 18.7 Å². The first kappa shape index (κ1) is 23.6. The van der Waals surface area contributed by atoms with Crippen LogP contribution in [0, 0.1) is 11.6 Å². The van der Waals surface area contributed by atoms with Gasteiger partial charge in [-0.15, -0.1) is 11.3 Å². The zero-order valence-electron chi connectivity index (χ0n) is 17.6. The molecule has 0 spiro atoms. The molecule has 5 N–H and O–H groups in total. The molecule has 1 amide bonds. The van der Waals surface area contributed by atoms with E-state index in [0.717, 1.165) is 23.5 Å². The van der Waals surface area contributed by atoms with Crippen LogP contribution in [0.2, 0.25) is 0 Å². The van der Waals surface area contributed by atoms with E-state index in [-0.39, 0.29) is 28.2 Å². The number of nitrogens with zero attached hydrogens (tertiary/aromatic N) is 2. The van der Waals surface area contributed by atoms with Gasteiger partial charge in [0.2, 0.25) is 0 Å². The Labute approximate surface area is 188 Å². The van der Waals surface area contributed by atoms with E-state index in [1.54, 1.807) is 37.1 Å². The Morgan fingerprint density at radius 1 is 1.28 bits per heavy atom. The lowest BCUT2D eigenvalue weighted by molar-refractivity contribution is 0.100. The third kappa shape index (κ3) is 5.04. The van der Waals surface area contributed by atoms with E-state index in [4.69, 9.17) is 10.8 Å². The van der Waals surface area contributed by atoms with Gasteiger partial charge in [0.05, 0.1) is 23.8 Å². The lowest BCUT2D eigenvalue weighted by Gasteiger charge is -2.17. The van der Waals surface area contributed by atoms with Crippen LogP contribution in [0.15, 0.2) is 36.4 Å². The highest BCUT2D eigenvalue weighted by Crippen LogP contribution is 2.40. The summed E-state index contributed by atoms with van der Waals surface area (Å²) < 4.78 is 29.5. The number of rotatable bonds is 9. The number of carbonyl (C=O) groups is 1. The molecule has 0 saturated heterocycles. The van der Waals surface area contributed by atoms with Crippen molar-refractivity contribution in [3.8, 4) is 10.4 Å². The number of aliphatic hydroxyl groups excluding tert-OH is 2. The smallest absolute Gasteiger partial charge is 0.251 e. The maximum absolute atomic E-state index is 14.8. The normalized spacial score (nSPS) is 11.9. The molecule has 0 bridgehead atoms. The molecule has 3 rings (SSSR count). The van der Waals surface area contributed by atoms with Gasteiger partial charge >= 0.3 is 0 Å². The van der Waals surface area contributed by atoms with Gasteiger partial charge in [0, 0.05) is 18.5 Å². The van der Waals surface area contributed by atoms with E-state index in [1.165, 1.54) is 6.07 Å². The predicted molar refractivity (Wildman–Crippen MR) is 121 cm³/mol. The zero-order valence-corrected chi connectivity index (χ0v) is 18.4. The molecular formula is C22H24F2N4O3S. The molecule has 32 heavy (non-hydrogen) atoms. The molecule has 0 aliphatic rings. The number of pyridine rings is 1. The SMILES string of the molecule is CCC(O)c1cc(F)c(-c2cc(C(N)=O)c(Nc3cccc(N(C)CCO)n3)s2)c(F)c1. The minimum Gasteiger partial charge on any atom is -0.395 e. The van der Waals surface area contributed by atoms with Gasteiger partial charge in [-0.25, -0.2) is 13.8 Å². The number of nitrogens with two attached hydrogens (primary N) is 1. The van der Waals surface area contributed by atoms with E-state index < -0.39 is 23.6 Å². The van der Waals surface area contributed by atoms with Crippen LogP contribution in [-0.4, -0.2) is 41.3 Å². The minimum atomic E-state index is -0.975. The maximum atomic E-state index is 14.8. The second-order valence-electron chi connectivity index (χ2n) is 7.15. The fourth-order valence-electron chi connectivity index (χ4n) is 3.13. The molecule has 1 aromatic carbocycles. The zero-order chi connectivity index (χ0) is 23.4. The van der Waals surface area contributed by atoms with Crippen LogP contribution in [0.1, 0.15) is 35.4 Å². The molecule has 0 fully saturated rings. The number of hydrogen-bond acceptors (Lipinski definition) is 7. The quantitative estimate of drug-likeness (QED) is 0.385. The van der Waals surface area contributed by atoms with Gasteiger partial charge in [-0.3, -0.25) is 4.79 Å². The van der Waals surface area contributed by atoms with Crippen molar-refractivity contribution >= 4 is 33.9 Å². The topological polar surface area (TPSA) is 112 Å². The van der Waals surface area contributed by atoms with Crippen molar-refractivity contribution in [1.29, 1.82) is 0 Å². The minimum absolute atomic E-state index is 0.0405. The summed E-state index contributed by atoms with van der Waals surface area (Å²) in [5.74, 6) is -1.47. The summed E-state index contributed by atoms with van der Waals surface area (Å²) in [5.41, 5.74) is 5.39. The highest BCUT2D eigenvalue weighted by molar-refractivity contribution is 7.20. The number of benzene rings is 1. The monoisotopic (exact) mass is 462 g/mol. The lowest BCUT2D eigenvalue weighted by Crippen LogP contribution is -2.22. The third-order valence-corrected chi connectivity index (χ3v) is 5.95. The Hall–Kier alpha value is -3.08. The Balaban J connectivity index is 1.99. The van der Waals surface area contributed by atoms with Gasteiger partial charge in [0.1, 0.15) is 28.3 Å². The molecule has 1 unspecified atom stereocenters. The fourth-order valence-corrected chi connectivity index (χ4v) is 4.25. The molecule has 10 heteroatoms. The van der Waals surface area contributed by atoms with Crippen LogP contribution in [0.25, 0.3) is 10.4 Å². The summed E-state index contributed by atoms with van der Waals surface area (Å²) in [7, 11) is 1.77. The number of primary amides is 1. The van der Waals surface area contributed by atoms with Crippen molar-refractivity contribution < 1.29 is 23.8 Å². The number of anilines is 3. The summed E-state index contributed by atoms with van der Waals surface area (Å²) >= 11 is 0.961. The van der Waals surface area contributed by atoms with E-state index in [0.29, 0.717) is 29.6 Å². The van der Waals surface area contributed by atoms with Gasteiger partial charge in [-0.2, -0.15) is 0 Å². The number of amides is 1. The number of likely N-dealkylation sites (N-methyl/N-ethyl adjacent to an activating group) is 1. The average molecular weight is 463 g/mol. The summed E-state index contributed by atoms with van der Waals surface area (Å²) in [6.07, 6.45) is -0.659. The van der Waals surface area contributed by atoms with Crippen LogP contribution in [-0.2, 0) is 0 Å². The molecule has 0 saturated carbocycles. The van der Waals surface area contributed by atoms with Gasteiger partial charge in [-0.05, 0) is 42.3 Å². The van der Waals surface area contributed by atoms with Gasteiger partial charge < -0.3 is 26.2 Å². The predicted octanol–water partition coefficient (Wildman–Crippen LogP) is 3.80. The van der Waals surface area contributed by atoms with E-state index in [2.05, 4.69) is 10.3 Å². The van der Waals surface area contributed by atoms with Crippen LogP contribution in [0.3, 0.4) is 0 Å². The van der Waals surface area contributed by atoms with E-state index in [1.807, 2.05) is 0 Å². The van der Waals surface area contributed by atoms with Crippen molar-refractivity contribution in [3.05, 3.63) is 59.2 Å². The van der Waals surface area contributed by atoms with Crippen molar-refractivity contribution in [2.75, 3.05) is 30.4 Å². The number of nitrogens with one attached hydrogen (secondary N) is 1. The molecule has 0 aliphatic heterocycles. The van der Waals surface area contributed by atoms with Crippen molar-refractivity contribution in [2.45, 2.75) is 19.4 Å². The van der Waals surface area contributed by atoms with Crippen LogP contribution in [0.4, 0.5) is 25.4 Å². The van der Waals surface area contributed by atoms with Gasteiger partial charge in [0.25, 0.3) is 5.91 Å². The highest BCUT2D eigenvalue weighted by Gasteiger charge is 2.22. The summed E-state index contributed by atoms with van der Waals surface area (Å²) in [6.45, 7) is 2.05. The summed E-state index contributed by atoms with van der Waals surface area (Å²) in [6, 6.07) is 8.68. The van der Waals surface area contributed by atoms with Gasteiger partial charge in [-0.1, -0.05) is 13.0 Å². The molecule has 1 atom stereocenters. The van der Waals surface area contributed by atoms with Gasteiger partial charge in [0.15, 0.2) is 0 Å². The first-order chi connectivity index (χ1) is 15.2. The van der Waals surface area contributed by atoms with Crippen molar-refractivity contribution in [3.63, 3.8) is 0 Å². The number of aromatic nitrogens is 1. The molecule has 7 nitrogen and oxygen atoms in total. The first-order valence-corrected chi connectivity index (χ1v) is 10.7. The Kier molecular flexibility index (Phi) is 7.39. The first-order valence-electron chi connectivity index (χ1n) is 9.92. The number of aliphatic hydroxyl groups is 2. The van der Waals surface area contributed by atoms with Crippen LogP contribution >= 0.6 is 11.3 Å². The maximum Gasteiger partial charge on any atom is 0.251 e. The molecule has 0 aliphatic carbocycles. The summed E-state index contributed by atoms with van der Waals surface area (Å²) in [4.78, 5) is 18.3.